The van der Waals surface area contributed by atoms with Gasteiger partial charge >= 0.3 is 5.97 Å². The Balaban J connectivity index is 1.75. The largest absolute Gasteiger partial charge is 0.497 e. The number of benzene rings is 1. The number of likely N-dealkylation sites (tertiary alicyclic amines) is 1. The predicted molar refractivity (Wildman–Crippen MR) is 77.4 cm³/mol. The van der Waals surface area contributed by atoms with Crippen molar-refractivity contribution < 1.29 is 19.2 Å². The Morgan fingerprint density at radius 2 is 2.41 bits per heavy atom. The molecule has 0 saturated carbocycles. The maximum atomic E-state index is 11.2. The molecule has 0 bridgehead atoms. The Labute approximate surface area is 127 Å². The van der Waals surface area contributed by atoms with Crippen LogP contribution in [0.15, 0.2) is 28.8 Å². The van der Waals surface area contributed by atoms with Crippen LogP contribution in [0.4, 0.5) is 0 Å². The molecule has 1 aromatic carbocycles. The maximum Gasteiger partial charge on any atom is 0.320 e. The normalized spacial score (nSPS) is 18.5. The van der Waals surface area contributed by atoms with Crippen molar-refractivity contribution in [1.82, 2.24) is 15.0 Å². The van der Waals surface area contributed by atoms with E-state index in [0.717, 1.165) is 18.5 Å². The first-order valence-electron chi connectivity index (χ1n) is 7.11. The Morgan fingerprint density at radius 1 is 1.55 bits per heavy atom. The van der Waals surface area contributed by atoms with Crippen molar-refractivity contribution in [1.29, 1.82) is 0 Å². The summed E-state index contributed by atoms with van der Waals surface area (Å²) in [5.74, 6) is 0.810. The third kappa shape index (κ3) is 2.94. The number of carbonyl (C=O) groups is 1. The lowest BCUT2D eigenvalue weighted by Crippen LogP contribution is -2.35. The van der Waals surface area contributed by atoms with Gasteiger partial charge in [0, 0.05) is 5.56 Å². The highest BCUT2D eigenvalue weighted by Crippen LogP contribution is 2.23. The van der Waals surface area contributed by atoms with Gasteiger partial charge in [-0.15, -0.1) is 0 Å². The topological polar surface area (TPSA) is 88.7 Å². The summed E-state index contributed by atoms with van der Waals surface area (Å²) >= 11 is 0. The molecule has 1 aliphatic rings. The summed E-state index contributed by atoms with van der Waals surface area (Å²) in [6, 6.07) is 6.92. The highest BCUT2D eigenvalue weighted by molar-refractivity contribution is 5.73. The number of rotatable bonds is 5. The van der Waals surface area contributed by atoms with E-state index in [2.05, 4.69) is 10.1 Å². The molecule has 1 unspecified atom stereocenters. The summed E-state index contributed by atoms with van der Waals surface area (Å²) in [5.41, 5.74) is 0.797. The predicted octanol–water partition coefficient (Wildman–Crippen LogP) is 1.79. The summed E-state index contributed by atoms with van der Waals surface area (Å²) in [6.45, 7) is 1.09. The lowest BCUT2D eigenvalue weighted by atomic mass is 10.2. The molecule has 0 amide bonds. The van der Waals surface area contributed by atoms with Crippen molar-refractivity contribution in [3.63, 3.8) is 0 Å². The fraction of sp³-hybridized carbons (Fsp3) is 0.400. The van der Waals surface area contributed by atoms with Crippen LogP contribution in [0.2, 0.25) is 0 Å². The van der Waals surface area contributed by atoms with Crippen LogP contribution in [0.5, 0.6) is 5.75 Å². The van der Waals surface area contributed by atoms with Crippen molar-refractivity contribution in [3.8, 4) is 17.1 Å². The van der Waals surface area contributed by atoms with Gasteiger partial charge in [-0.05, 0) is 31.5 Å². The van der Waals surface area contributed by atoms with Crippen LogP contribution < -0.4 is 4.74 Å². The maximum absolute atomic E-state index is 11.2. The van der Waals surface area contributed by atoms with Crippen LogP contribution in [0.3, 0.4) is 0 Å². The average molecular weight is 303 g/mol. The molecule has 7 heteroatoms. The highest BCUT2D eigenvalue weighted by atomic mass is 16.5. The van der Waals surface area contributed by atoms with E-state index < -0.39 is 12.0 Å². The second-order valence-electron chi connectivity index (χ2n) is 5.21. The second-order valence-corrected chi connectivity index (χ2v) is 5.21. The van der Waals surface area contributed by atoms with Crippen LogP contribution in [0, 0.1) is 0 Å². The number of ether oxygens (including phenoxy) is 1. The minimum Gasteiger partial charge on any atom is -0.497 e. The van der Waals surface area contributed by atoms with Crippen LogP contribution in [0.1, 0.15) is 18.7 Å². The van der Waals surface area contributed by atoms with Crippen LogP contribution in [0.25, 0.3) is 11.4 Å². The Morgan fingerprint density at radius 3 is 3.18 bits per heavy atom. The first-order chi connectivity index (χ1) is 10.7. The number of methoxy groups -OCH3 is 1. The molecule has 1 fully saturated rings. The van der Waals surface area contributed by atoms with Crippen molar-refractivity contribution in [3.05, 3.63) is 30.2 Å². The van der Waals surface area contributed by atoms with Crippen molar-refractivity contribution in [2.45, 2.75) is 25.4 Å². The number of nitrogens with zero attached hydrogens (tertiary/aromatic N) is 3. The van der Waals surface area contributed by atoms with Gasteiger partial charge in [0.15, 0.2) is 0 Å². The van der Waals surface area contributed by atoms with Crippen molar-refractivity contribution >= 4 is 5.97 Å². The zero-order valence-corrected chi connectivity index (χ0v) is 12.2. The molecule has 1 aromatic heterocycles. The molecule has 1 atom stereocenters. The molecular formula is C15H17N3O4. The Bertz CT molecular complexity index is 670. The molecule has 1 aliphatic heterocycles. The molecule has 1 N–H and O–H groups in total. The van der Waals surface area contributed by atoms with E-state index in [-0.39, 0.29) is 0 Å². The lowest BCUT2D eigenvalue weighted by Gasteiger charge is -2.18. The third-order valence-corrected chi connectivity index (χ3v) is 3.78. The second kappa shape index (κ2) is 6.15. The molecule has 0 aliphatic carbocycles. The number of hydrogen-bond donors (Lipinski definition) is 1. The first-order valence-corrected chi connectivity index (χ1v) is 7.11. The molecule has 0 spiro atoms. The van der Waals surface area contributed by atoms with Crippen LogP contribution in [-0.2, 0) is 11.3 Å². The Hall–Kier alpha value is -2.41. The molecule has 7 nitrogen and oxygen atoms in total. The fourth-order valence-electron chi connectivity index (χ4n) is 2.67. The summed E-state index contributed by atoms with van der Waals surface area (Å²) < 4.78 is 10.4. The van der Waals surface area contributed by atoms with Gasteiger partial charge in [0.1, 0.15) is 11.8 Å². The zero-order chi connectivity index (χ0) is 15.5. The van der Waals surface area contributed by atoms with E-state index in [0.29, 0.717) is 30.4 Å². The van der Waals surface area contributed by atoms with Gasteiger partial charge in [0.05, 0.1) is 13.7 Å². The van der Waals surface area contributed by atoms with E-state index in [1.807, 2.05) is 29.2 Å². The molecule has 116 valence electrons. The van der Waals surface area contributed by atoms with Gasteiger partial charge in [-0.1, -0.05) is 17.3 Å². The number of carboxylic acids is 1. The summed E-state index contributed by atoms with van der Waals surface area (Å²) in [6.07, 6.45) is 1.53. The zero-order valence-electron chi connectivity index (χ0n) is 12.2. The van der Waals surface area contributed by atoms with Crippen LogP contribution >= 0.6 is 0 Å². The Kier molecular flexibility index (Phi) is 4.06. The number of carboxylic acid groups (broad SMARTS) is 1. The molecular weight excluding hydrogens is 286 g/mol. The number of hydrogen-bond acceptors (Lipinski definition) is 6. The summed E-state index contributed by atoms with van der Waals surface area (Å²) in [4.78, 5) is 17.4. The monoisotopic (exact) mass is 303 g/mol. The standard InChI is InChI=1S/C15H17N3O4/c1-21-11-5-2-4-10(8-11)14-16-13(22-17-14)9-18-7-3-6-12(18)15(19)20/h2,4-5,8,12H,3,6-7,9H2,1H3,(H,19,20). The molecule has 2 aromatic rings. The first kappa shape index (κ1) is 14.5. The highest BCUT2D eigenvalue weighted by Gasteiger charge is 2.31. The van der Waals surface area contributed by atoms with Gasteiger partial charge in [-0.3, -0.25) is 9.69 Å². The third-order valence-electron chi connectivity index (χ3n) is 3.78. The van der Waals surface area contributed by atoms with Gasteiger partial charge in [0.2, 0.25) is 11.7 Å². The summed E-state index contributed by atoms with van der Waals surface area (Å²) in [5, 5.41) is 13.1. The summed E-state index contributed by atoms with van der Waals surface area (Å²) in [7, 11) is 1.60. The van der Waals surface area contributed by atoms with E-state index >= 15 is 0 Å². The van der Waals surface area contributed by atoms with E-state index in [4.69, 9.17) is 9.26 Å². The minimum atomic E-state index is -0.801. The molecule has 22 heavy (non-hydrogen) atoms. The SMILES string of the molecule is COc1cccc(-c2noc(CN3CCCC3C(=O)O)n2)c1. The van der Waals surface area contributed by atoms with Crippen molar-refractivity contribution in [2.24, 2.45) is 0 Å². The quantitative estimate of drug-likeness (QED) is 0.900. The molecule has 2 heterocycles. The van der Waals surface area contributed by atoms with E-state index in [1.54, 1.807) is 7.11 Å². The van der Waals surface area contributed by atoms with Crippen molar-refractivity contribution in [2.75, 3.05) is 13.7 Å². The number of aliphatic carboxylic acids is 1. The molecule has 3 rings (SSSR count). The van der Waals surface area contributed by atoms with Gasteiger partial charge < -0.3 is 14.4 Å². The molecule has 0 radical (unpaired) electrons. The van der Waals surface area contributed by atoms with Gasteiger partial charge in [-0.25, -0.2) is 0 Å². The lowest BCUT2D eigenvalue weighted by molar-refractivity contribution is -0.142. The van der Waals surface area contributed by atoms with E-state index in [9.17, 15) is 9.90 Å². The van der Waals surface area contributed by atoms with Crippen LogP contribution in [-0.4, -0.2) is 45.8 Å². The smallest absolute Gasteiger partial charge is 0.320 e. The van der Waals surface area contributed by atoms with Gasteiger partial charge in [-0.2, -0.15) is 4.98 Å². The molecule has 1 saturated heterocycles. The number of aromatic nitrogens is 2. The minimum absolute atomic E-state index is 0.355. The van der Waals surface area contributed by atoms with Gasteiger partial charge in [0.25, 0.3) is 0 Å². The van der Waals surface area contributed by atoms with E-state index in [1.165, 1.54) is 0 Å². The fourth-order valence-corrected chi connectivity index (χ4v) is 2.67. The average Bonchev–Trinajstić information content (AvgIpc) is 3.17.